The lowest BCUT2D eigenvalue weighted by Gasteiger charge is -2.11. The number of hydrogen-bond donors (Lipinski definition) is 1. The molecule has 8 heteroatoms. The molecular weight excluding hydrogens is 446 g/mol. The topological polar surface area (TPSA) is 81.3 Å². The van der Waals surface area contributed by atoms with Crippen LogP contribution >= 0.6 is 11.8 Å². The molecule has 5 aromatic rings. The molecule has 0 bridgehead atoms. The number of hydrogen-bond acceptors (Lipinski definition) is 5. The van der Waals surface area contributed by atoms with E-state index in [4.69, 9.17) is 0 Å². The van der Waals surface area contributed by atoms with E-state index in [1.165, 1.54) is 11.8 Å². The van der Waals surface area contributed by atoms with Gasteiger partial charge in [0.25, 0.3) is 5.56 Å². The second-order valence-electron chi connectivity index (χ2n) is 8.21. The van der Waals surface area contributed by atoms with E-state index < -0.39 is 0 Å². The standard InChI is InChI=1S/C26H23N5O2S/c1-17-7-11-19(12-8-17)15-30-24(33)21-5-3-4-6-22(21)31-25(30)28-29-26(31)34-16-23(32)27-20-13-9-18(2)10-14-20/h3-14H,15-16H2,1-2H3,(H,27,32). The van der Waals surface area contributed by atoms with Crippen LogP contribution in [0.2, 0.25) is 0 Å². The van der Waals surface area contributed by atoms with Crippen molar-refractivity contribution in [1.29, 1.82) is 0 Å². The number of para-hydroxylation sites is 1. The Labute approximate surface area is 200 Å². The predicted octanol–water partition coefficient (Wildman–Crippen LogP) is 4.44. The van der Waals surface area contributed by atoms with E-state index in [-0.39, 0.29) is 17.2 Å². The smallest absolute Gasteiger partial charge is 0.263 e. The van der Waals surface area contributed by atoms with Gasteiger partial charge >= 0.3 is 0 Å². The molecule has 1 amide bonds. The fraction of sp³-hybridized carbons (Fsp3) is 0.154. The molecule has 0 aliphatic rings. The summed E-state index contributed by atoms with van der Waals surface area (Å²) in [4.78, 5) is 25.9. The number of carbonyl (C=O) groups is 1. The first-order chi connectivity index (χ1) is 16.5. The Balaban J connectivity index is 1.49. The molecule has 0 aliphatic carbocycles. The van der Waals surface area contributed by atoms with Gasteiger partial charge in [0.1, 0.15) is 0 Å². The first kappa shape index (κ1) is 21.9. The quantitative estimate of drug-likeness (QED) is 0.372. The third kappa shape index (κ3) is 4.32. The summed E-state index contributed by atoms with van der Waals surface area (Å²) in [6.45, 7) is 4.41. The molecule has 34 heavy (non-hydrogen) atoms. The van der Waals surface area contributed by atoms with Gasteiger partial charge in [-0.2, -0.15) is 0 Å². The molecule has 170 valence electrons. The molecule has 0 aliphatic heterocycles. The average molecular weight is 470 g/mol. The maximum atomic E-state index is 13.3. The zero-order chi connectivity index (χ0) is 23.7. The van der Waals surface area contributed by atoms with Crippen LogP contribution in [0.25, 0.3) is 16.7 Å². The van der Waals surface area contributed by atoms with Crippen molar-refractivity contribution < 1.29 is 4.79 Å². The Kier molecular flexibility index (Phi) is 5.90. The maximum absolute atomic E-state index is 13.3. The number of nitrogens with zero attached hydrogens (tertiary/aromatic N) is 4. The van der Waals surface area contributed by atoms with Gasteiger partial charge in [-0.1, -0.05) is 71.4 Å². The summed E-state index contributed by atoms with van der Waals surface area (Å²) in [6.07, 6.45) is 0. The monoisotopic (exact) mass is 469 g/mol. The molecule has 0 radical (unpaired) electrons. The third-order valence-electron chi connectivity index (χ3n) is 5.61. The summed E-state index contributed by atoms with van der Waals surface area (Å²) in [6, 6.07) is 23.1. The number of anilines is 1. The molecule has 1 N–H and O–H groups in total. The van der Waals surface area contributed by atoms with Crippen molar-refractivity contribution in [1.82, 2.24) is 19.2 Å². The Morgan fingerprint density at radius 2 is 1.59 bits per heavy atom. The van der Waals surface area contributed by atoms with Crippen LogP contribution in [-0.2, 0) is 11.3 Å². The molecule has 3 aromatic carbocycles. The molecule has 7 nitrogen and oxygen atoms in total. The maximum Gasteiger partial charge on any atom is 0.263 e. The van der Waals surface area contributed by atoms with Crippen molar-refractivity contribution in [3.63, 3.8) is 0 Å². The SMILES string of the molecule is Cc1ccc(Cn2c(=O)c3ccccc3n3c(SCC(=O)Nc4ccc(C)cc4)nnc23)cc1. The molecule has 2 aromatic heterocycles. The molecular formula is C26H23N5O2S. The van der Waals surface area contributed by atoms with Crippen molar-refractivity contribution in [3.05, 3.63) is 99.8 Å². The largest absolute Gasteiger partial charge is 0.325 e. The summed E-state index contributed by atoms with van der Waals surface area (Å²) < 4.78 is 3.49. The van der Waals surface area contributed by atoms with E-state index in [0.717, 1.165) is 22.4 Å². The molecule has 0 fully saturated rings. The highest BCUT2D eigenvalue weighted by Gasteiger charge is 2.18. The average Bonchev–Trinajstić information content (AvgIpc) is 3.27. The van der Waals surface area contributed by atoms with Gasteiger partial charge in [-0.15, -0.1) is 10.2 Å². The van der Waals surface area contributed by atoms with Crippen molar-refractivity contribution >= 4 is 40.0 Å². The van der Waals surface area contributed by atoms with E-state index in [0.29, 0.717) is 28.4 Å². The van der Waals surface area contributed by atoms with Crippen LogP contribution < -0.4 is 10.9 Å². The van der Waals surface area contributed by atoms with E-state index >= 15 is 0 Å². The Morgan fingerprint density at radius 1 is 0.912 bits per heavy atom. The van der Waals surface area contributed by atoms with Crippen LogP contribution in [0.5, 0.6) is 0 Å². The Bertz CT molecular complexity index is 1550. The molecule has 0 saturated carbocycles. The zero-order valence-electron chi connectivity index (χ0n) is 18.9. The van der Waals surface area contributed by atoms with Crippen LogP contribution in [0.1, 0.15) is 16.7 Å². The molecule has 0 spiro atoms. The van der Waals surface area contributed by atoms with E-state index in [1.807, 2.05) is 85.0 Å². The number of rotatable bonds is 6. The summed E-state index contributed by atoms with van der Waals surface area (Å²) in [5.74, 6) is 0.480. The number of aryl methyl sites for hydroxylation is 2. The van der Waals surface area contributed by atoms with Crippen LogP contribution in [0.4, 0.5) is 5.69 Å². The summed E-state index contributed by atoms with van der Waals surface area (Å²) in [5, 5.41) is 12.7. The second kappa shape index (κ2) is 9.15. The number of benzene rings is 3. The van der Waals surface area contributed by atoms with E-state index in [1.54, 1.807) is 10.6 Å². The highest BCUT2D eigenvalue weighted by atomic mass is 32.2. The fourth-order valence-electron chi connectivity index (χ4n) is 3.81. The first-order valence-electron chi connectivity index (χ1n) is 10.9. The number of fused-ring (bicyclic) bond motifs is 3. The van der Waals surface area contributed by atoms with Gasteiger partial charge < -0.3 is 5.32 Å². The lowest BCUT2D eigenvalue weighted by molar-refractivity contribution is -0.113. The lowest BCUT2D eigenvalue weighted by atomic mass is 10.1. The second-order valence-corrected chi connectivity index (χ2v) is 9.16. The molecule has 0 unspecified atom stereocenters. The zero-order valence-corrected chi connectivity index (χ0v) is 19.7. The highest BCUT2D eigenvalue weighted by molar-refractivity contribution is 7.99. The third-order valence-corrected chi connectivity index (χ3v) is 6.54. The van der Waals surface area contributed by atoms with E-state index in [9.17, 15) is 9.59 Å². The highest BCUT2D eigenvalue weighted by Crippen LogP contribution is 2.22. The Hall–Kier alpha value is -3.91. The van der Waals surface area contributed by atoms with Crippen LogP contribution in [-0.4, -0.2) is 30.8 Å². The number of nitrogens with one attached hydrogen (secondary N) is 1. The summed E-state index contributed by atoms with van der Waals surface area (Å²) >= 11 is 1.29. The molecule has 0 atom stereocenters. The van der Waals surface area contributed by atoms with Gasteiger partial charge in [-0.05, 0) is 43.7 Å². The number of carbonyl (C=O) groups excluding carboxylic acids is 1. The molecule has 0 saturated heterocycles. The van der Waals surface area contributed by atoms with Crippen molar-refractivity contribution in [2.24, 2.45) is 0 Å². The fourth-order valence-corrected chi connectivity index (χ4v) is 4.55. The van der Waals surface area contributed by atoms with Gasteiger partial charge in [0.15, 0.2) is 5.16 Å². The number of aromatic nitrogens is 4. The van der Waals surface area contributed by atoms with Gasteiger partial charge in [-0.3, -0.25) is 18.6 Å². The number of amides is 1. The van der Waals surface area contributed by atoms with Crippen LogP contribution in [0, 0.1) is 13.8 Å². The van der Waals surface area contributed by atoms with Gasteiger partial charge in [0, 0.05) is 5.69 Å². The van der Waals surface area contributed by atoms with Crippen LogP contribution in [0.15, 0.2) is 82.7 Å². The summed E-state index contributed by atoms with van der Waals surface area (Å²) in [7, 11) is 0. The summed E-state index contributed by atoms with van der Waals surface area (Å²) in [5.41, 5.74) is 4.63. The molecule has 5 rings (SSSR count). The first-order valence-corrected chi connectivity index (χ1v) is 11.9. The van der Waals surface area contributed by atoms with Gasteiger partial charge in [0.05, 0.1) is 23.2 Å². The molecule has 2 heterocycles. The minimum absolute atomic E-state index is 0.121. The van der Waals surface area contributed by atoms with Gasteiger partial charge in [0.2, 0.25) is 11.7 Å². The van der Waals surface area contributed by atoms with Crippen molar-refractivity contribution in [3.8, 4) is 0 Å². The number of thioether (sulfide) groups is 1. The van der Waals surface area contributed by atoms with Crippen molar-refractivity contribution in [2.45, 2.75) is 25.5 Å². The normalized spacial score (nSPS) is 11.2. The van der Waals surface area contributed by atoms with Gasteiger partial charge in [-0.25, -0.2) is 0 Å². The minimum Gasteiger partial charge on any atom is -0.325 e. The predicted molar refractivity (Wildman–Crippen MR) is 136 cm³/mol. The Morgan fingerprint density at radius 3 is 2.32 bits per heavy atom. The van der Waals surface area contributed by atoms with Crippen LogP contribution in [0.3, 0.4) is 0 Å². The van der Waals surface area contributed by atoms with Crippen molar-refractivity contribution in [2.75, 3.05) is 11.1 Å². The van der Waals surface area contributed by atoms with E-state index in [2.05, 4.69) is 15.5 Å². The lowest BCUT2D eigenvalue weighted by Crippen LogP contribution is -2.24. The minimum atomic E-state index is -0.136.